The Morgan fingerprint density at radius 2 is 2.31 bits per heavy atom. The standard InChI is InChI=1S/C12H22N2O2/c1-9(2)14-5-3-11(12(14)15)13-7-10-4-6-16-8-10/h9-11,13H,3-8H2,1-2H3. The van der Waals surface area contributed by atoms with Crippen LogP contribution in [0.5, 0.6) is 0 Å². The van der Waals surface area contributed by atoms with Gasteiger partial charge in [0, 0.05) is 25.7 Å². The predicted octanol–water partition coefficient (Wildman–Crippen LogP) is 0.622. The zero-order valence-electron chi connectivity index (χ0n) is 10.2. The normalized spacial score (nSPS) is 30.7. The highest BCUT2D eigenvalue weighted by molar-refractivity contribution is 5.84. The molecule has 16 heavy (non-hydrogen) atoms. The molecule has 1 N–H and O–H groups in total. The van der Waals surface area contributed by atoms with Crippen molar-refractivity contribution in [2.24, 2.45) is 5.92 Å². The summed E-state index contributed by atoms with van der Waals surface area (Å²) >= 11 is 0. The summed E-state index contributed by atoms with van der Waals surface area (Å²) in [6, 6.07) is 0.372. The van der Waals surface area contributed by atoms with Crippen molar-refractivity contribution in [3.05, 3.63) is 0 Å². The van der Waals surface area contributed by atoms with Crippen LogP contribution in [0.1, 0.15) is 26.7 Å². The van der Waals surface area contributed by atoms with Crippen molar-refractivity contribution in [1.82, 2.24) is 10.2 Å². The van der Waals surface area contributed by atoms with Crippen molar-refractivity contribution < 1.29 is 9.53 Å². The van der Waals surface area contributed by atoms with E-state index in [1.54, 1.807) is 0 Å². The van der Waals surface area contributed by atoms with Crippen LogP contribution in [-0.4, -0.2) is 49.2 Å². The fraction of sp³-hybridized carbons (Fsp3) is 0.917. The molecular formula is C12H22N2O2. The van der Waals surface area contributed by atoms with Gasteiger partial charge in [-0.3, -0.25) is 4.79 Å². The molecule has 0 radical (unpaired) electrons. The van der Waals surface area contributed by atoms with Crippen molar-refractivity contribution in [3.8, 4) is 0 Å². The first-order valence-electron chi connectivity index (χ1n) is 6.30. The molecule has 2 fully saturated rings. The van der Waals surface area contributed by atoms with Gasteiger partial charge < -0.3 is 15.0 Å². The maximum atomic E-state index is 12.0. The molecule has 0 aliphatic carbocycles. The van der Waals surface area contributed by atoms with E-state index in [0.717, 1.165) is 39.1 Å². The second-order valence-electron chi connectivity index (χ2n) is 5.10. The largest absolute Gasteiger partial charge is 0.381 e. The van der Waals surface area contributed by atoms with Crippen LogP contribution in [0.4, 0.5) is 0 Å². The molecule has 2 rings (SSSR count). The molecule has 2 aliphatic rings. The van der Waals surface area contributed by atoms with Gasteiger partial charge in [0.2, 0.25) is 5.91 Å². The van der Waals surface area contributed by atoms with Gasteiger partial charge in [-0.05, 0) is 32.6 Å². The summed E-state index contributed by atoms with van der Waals surface area (Å²) in [6.07, 6.45) is 2.08. The zero-order chi connectivity index (χ0) is 11.5. The fourth-order valence-electron chi connectivity index (χ4n) is 2.46. The van der Waals surface area contributed by atoms with Gasteiger partial charge in [0.15, 0.2) is 0 Å². The van der Waals surface area contributed by atoms with E-state index >= 15 is 0 Å². The third-order valence-electron chi connectivity index (χ3n) is 3.54. The summed E-state index contributed by atoms with van der Waals surface area (Å²) in [5.74, 6) is 0.870. The van der Waals surface area contributed by atoms with Crippen LogP contribution in [0.3, 0.4) is 0 Å². The van der Waals surface area contributed by atoms with E-state index in [2.05, 4.69) is 19.2 Å². The molecule has 0 aromatic heterocycles. The van der Waals surface area contributed by atoms with E-state index in [4.69, 9.17) is 4.74 Å². The molecule has 4 nitrogen and oxygen atoms in total. The topological polar surface area (TPSA) is 41.6 Å². The third kappa shape index (κ3) is 2.55. The number of likely N-dealkylation sites (tertiary alicyclic amines) is 1. The smallest absolute Gasteiger partial charge is 0.240 e. The molecule has 2 heterocycles. The van der Waals surface area contributed by atoms with Crippen LogP contribution >= 0.6 is 0 Å². The molecule has 2 aliphatic heterocycles. The van der Waals surface area contributed by atoms with Crippen LogP contribution in [0, 0.1) is 5.92 Å². The van der Waals surface area contributed by atoms with Crippen molar-refractivity contribution in [2.75, 3.05) is 26.3 Å². The molecule has 2 saturated heterocycles. The number of nitrogens with zero attached hydrogens (tertiary/aromatic N) is 1. The van der Waals surface area contributed by atoms with Gasteiger partial charge in [-0.15, -0.1) is 0 Å². The second-order valence-corrected chi connectivity index (χ2v) is 5.10. The van der Waals surface area contributed by atoms with Crippen molar-refractivity contribution in [3.63, 3.8) is 0 Å². The number of rotatable bonds is 4. The molecule has 0 saturated carbocycles. The Morgan fingerprint density at radius 3 is 2.88 bits per heavy atom. The van der Waals surface area contributed by atoms with E-state index in [1.165, 1.54) is 0 Å². The van der Waals surface area contributed by atoms with Gasteiger partial charge in [0.25, 0.3) is 0 Å². The first kappa shape index (κ1) is 11.9. The Hall–Kier alpha value is -0.610. The highest BCUT2D eigenvalue weighted by atomic mass is 16.5. The Morgan fingerprint density at radius 1 is 1.50 bits per heavy atom. The molecule has 0 bridgehead atoms. The minimum atomic E-state index is 0.0444. The Labute approximate surface area is 97.3 Å². The van der Waals surface area contributed by atoms with Gasteiger partial charge in [0.1, 0.15) is 0 Å². The van der Waals surface area contributed by atoms with Crippen LogP contribution in [0.2, 0.25) is 0 Å². The monoisotopic (exact) mass is 226 g/mol. The number of amides is 1. The molecule has 0 aromatic carbocycles. The van der Waals surface area contributed by atoms with Crippen molar-refractivity contribution in [1.29, 1.82) is 0 Å². The van der Waals surface area contributed by atoms with Crippen molar-refractivity contribution in [2.45, 2.75) is 38.8 Å². The van der Waals surface area contributed by atoms with Gasteiger partial charge >= 0.3 is 0 Å². The first-order chi connectivity index (χ1) is 7.68. The minimum absolute atomic E-state index is 0.0444. The van der Waals surface area contributed by atoms with Gasteiger partial charge in [-0.2, -0.15) is 0 Å². The maximum Gasteiger partial charge on any atom is 0.240 e. The quantitative estimate of drug-likeness (QED) is 0.764. The first-order valence-corrected chi connectivity index (χ1v) is 6.30. The predicted molar refractivity (Wildman–Crippen MR) is 62.2 cm³/mol. The Balaban J connectivity index is 1.76. The average Bonchev–Trinajstić information content (AvgIpc) is 2.84. The van der Waals surface area contributed by atoms with E-state index in [-0.39, 0.29) is 11.9 Å². The molecule has 4 heteroatoms. The summed E-state index contributed by atoms with van der Waals surface area (Å²) in [7, 11) is 0. The minimum Gasteiger partial charge on any atom is -0.381 e. The highest BCUT2D eigenvalue weighted by Gasteiger charge is 2.33. The summed E-state index contributed by atoms with van der Waals surface area (Å²) < 4.78 is 5.32. The number of ether oxygens (including phenoxy) is 1. The Bertz CT molecular complexity index is 249. The lowest BCUT2D eigenvalue weighted by Crippen LogP contribution is -2.42. The van der Waals surface area contributed by atoms with Crippen LogP contribution in [0.15, 0.2) is 0 Å². The Kier molecular flexibility index (Phi) is 3.82. The van der Waals surface area contributed by atoms with Crippen LogP contribution in [-0.2, 0) is 9.53 Å². The summed E-state index contributed by atoms with van der Waals surface area (Å²) in [5.41, 5.74) is 0. The van der Waals surface area contributed by atoms with E-state index in [1.807, 2.05) is 4.90 Å². The number of carbonyl (C=O) groups is 1. The molecule has 92 valence electrons. The number of hydrogen-bond acceptors (Lipinski definition) is 3. The lowest BCUT2D eigenvalue weighted by atomic mass is 10.1. The molecule has 2 unspecified atom stereocenters. The molecule has 2 atom stereocenters. The van der Waals surface area contributed by atoms with Gasteiger partial charge in [0.05, 0.1) is 12.6 Å². The number of carbonyl (C=O) groups excluding carboxylic acids is 1. The van der Waals surface area contributed by atoms with Crippen LogP contribution in [0.25, 0.3) is 0 Å². The maximum absolute atomic E-state index is 12.0. The van der Waals surface area contributed by atoms with E-state index in [9.17, 15) is 4.79 Å². The van der Waals surface area contributed by atoms with Crippen molar-refractivity contribution >= 4 is 5.91 Å². The van der Waals surface area contributed by atoms with E-state index < -0.39 is 0 Å². The lowest BCUT2D eigenvalue weighted by Gasteiger charge is -2.21. The number of hydrogen-bond donors (Lipinski definition) is 1. The molecular weight excluding hydrogens is 204 g/mol. The number of nitrogens with one attached hydrogen (secondary N) is 1. The summed E-state index contributed by atoms with van der Waals surface area (Å²) in [5, 5.41) is 3.39. The third-order valence-corrected chi connectivity index (χ3v) is 3.54. The summed E-state index contributed by atoms with van der Waals surface area (Å²) in [6.45, 7) is 7.69. The van der Waals surface area contributed by atoms with E-state index in [0.29, 0.717) is 12.0 Å². The highest BCUT2D eigenvalue weighted by Crippen LogP contribution is 2.16. The molecule has 0 spiro atoms. The summed E-state index contributed by atoms with van der Waals surface area (Å²) in [4.78, 5) is 13.9. The zero-order valence-corrected chi connectivity index (χ0v) is 10.2. The van der Waals surface area contributed by atoms with Gasteiger partial charge in [-0.25, -0.2) is 0 Å². The van der Waals surface area contributed by atoms with Crippen LogP contribution < -0.4 is 5.32 Å². The molecule has 0 aromatic rings. The lowest BCUT2D eigenvalue weighted by molar-refractivity contribution is -0.130. The second kappa shape index (κ2) is 5.15. The SMILES string of the molecule is CC(C)N1CCC(NCC2CCOC2)C1=O. The average molecular weight is 226 g/mol. The molecule has 1 amide bonds. The van der Waals surface area contributed by atoms with Gasteiger partial charge in [-0.1, -0.05) is 0 Å². The fourth-order valence-corrected chi connectivity index (χ4v) is 2.46.